The molecule has 1 atom stereocenters. The molecule has 2 aromatic carbocycles. The van der Waals surface area contributed by atoms with Gasteiger partial charge >= 0.3 is 0 Å². The summed E-state index contributed by atoms with van der Waals surface area (Å²) >= 11 is 0. The molecule has 1 fully saturated rings. The fourth-order valence-corrected chi connectivity index (χ4v) is 4.13. The highest BCUT2D eigenvalue weighted by Gasteiger charge is 2.24. The van der Waals surface area contributed by atoms with E-state index < -0.39 is 10.0 Å². The topological polar surface area (TPSA) is 78.5 Å². The maximum Gasteiger partial charge on any atom is 0.253 e. The normalized spacial score (nSPS) is 18.2. The van der Waals surface area contributed by atoms with Crippen LogP contribution in [0.3, 0.4) is 0 Å². The number of likely N-dealkylation sites (N-methyl/N-ethyl adjacent to an activating group) is 1. The Bertz CT molecular complexity index is 911. The molecule has 0 bridgehead atoms. The van der Waals surface area contributed by atoms with E-state index in [1.54, 1.807) is 12.1 Å². The Morgan fingerprint density at radius 3 is 2.58 bits per heavy atom. The molecule has 2 aromatic rings. The van der Waals surface area contributed by atoms with Gasteiger partial charge in [0.25, 0.3) is 5.91 Å². The van der Waals surface area contributed by atoms with Crippen LogP contribution in [-0.4, -0.2) is 51.2 Å². The first kappa shape index (κ1) is 18.7. The van der Waals surface area contributed by atoms with Crippen LogP contribution in [0.4, 0.5) is 5.69 Å². The van der Waals surface area contributed by atoms with Crippen LogP contribution in [0.5, 0.6) is 0 Å². The summed E-state index contributed by atoms with van der Waals surface area (Å²) in [7, 11) is -3.48. The van der Waals surface area contributed by atoms with Crippen molar-refractivity contribution in [1.29, 1.82) is 0 Å². The molecule has 2 N–H and O–H groups in total. The molecule has 7 heteroatoms. The number of likely N-dealkylation sites (tertiary alicyclic amines) is 1. The molecule has 1 aliphatic heterocycles. The Kier molecular flexibility index (Phi) is 5.48. The number of hydrogen-bond donors (Lipinski definition) is 2. The fourth-order valence-electron chi connectivity index (χ4n) is 3.56. The Morgan fingerprint density at radius 1 is 1.23 bits per heavy atom. The summed E-state index contributed by atoms with van der Waals surface area (Å²) in [5.41, 5.74) is 0.651. The van der Waals surface area contributed by atoms with Crippen LogP contribution in [0.15, 0.2) is 36.4 Å². The molecule has 140 valence electrons. The van der Waals surface area contributed by atoms with E-state index >= 15 is 0 Å². The molecule has 26 heavy (non-hydrogen) atoms. The molecule has 3 rings (SSSR count). The van der Waals surface area contributed by atoms with Crippen molar-refractivity contribution in [3.63, 3.8) is 0 Å². The highest BCUT2D eigenvalue weighted by atomic mass is 32.2. The predicted molar refractivity (Wildman–Crippen MR) is 105 cm³/mol. The van der Waals surface area contributed by atoms with Crippen molar-refractivity contribution < 1.29 is 13.2 Å². The van der Waals surface area contributed by atoms with E-state index in [1.807, 2.05) is 24.3 Å². The van der Waals surface area contributed by atoms with E-state index in [9.17, 15) is 13.2 Å². The highest BCUT2D eigenvalue weighted by Crippen LogP contribution is 2.25. The van der Waals surface area contributed by atoms with Gasteiger partial charge in [0.2, 0.25) is 10.0 Å². The van der Waals surface area contributed by atoms with Crippen LogP contribution < -0.4 is 10.0 Å². The van der Waals surface area contributed by atoms with E-state index in [0.29, 0.717) is 23.8 Å². The van der Waals surface area contributed by atoms with Gasteiger partial charge in [0.05, 0.1) is 17.5 Å². The first-order chi connectivity index (χ1) is 12.4. The predicted octanol–water partition coefficient (Wildman–Crippen LogP) is 2.43. The maximum absolute atomic E-state index is 12.8. The van der Waals surface area contributed by atoms with Crippen LogP contribution in [0, 0.1) is 0 Å². The molecule has 1 amide bonds. The number of hydrogen-bond acceptors (Lipinski definition) is 4. The van der Waals surface area contributed by atoms with E-state index in [2.05, 4.69) is 21.9 Å². The molecule has 1 saturated heterocycles. The molecule has 0 aliphatic carbocycles. The number of carbonyl (C=O) groups is 1. The number of rotatable bonds is 6. The first-order valence-electron chi connectivity index (χ1n) is 8.90. The second-order valence-corrected chi connectivity index (χ2v) is 8.50. The minimum atomic E-state index is -3.48. The molecule has 1 heterocycles. The van der Waals surface area contributed by atoms with Gasteiger partial charge in [-0.3, -0.25) is 14.4 Å². The third-order valence-electron chi connectivity index (χ3n) is 4.83. The van der Waals surface area contributed by atoms with Gasteiger partial charge in [-0.1, -0.05) is 31.2 Å². The minimum absolute atomic E-state index is 0.259. The molecule has 0 aromatic heterocycles. The van der Waals surface area contributed by atoms with E-state index in [0.717, 1.165) is 43.0 Å². The summed E-state index contributed by atoms with van der Waals surface area (Å²) in [6.07, 6.45) is 3.30. The Labute approximate surface area is 154 Å². The summed E-state index contributed by atoms with van der Waals surface area (Å²) in [6, 6.07) is 11.4. The third kappa shape index (κ3) is 4.34. The highest BCUT2D eigenvalue weighted by molar-refractivity contribution is 7.92. The largest absolute Gasteiger partial charge is 0.350 e. The zero-order chi connectivity index (χ0) is 18.7. The lowest BCUT2D eigenvalue weighted by molar-refractivity contribution is 0.0942. The van der Waals surface area contributed by atoms with Gasteiger partial charge in [0.15, 0.2) is 0 Å². The van der Waals surface area contributed by atoms with E-state index in [4.69, 9.17) is 0 Å². The minimum Gasteiger partial charge on any atom is -0.350 e. The van der Waals surface area contributed by atoms with E-state index in [1.165, 1.54) is 0 Å². The van der Waals surface area contributed by atoms with Crippen molar-refractivity contribution in [2.75, 3.05) is 30.6 Å². The zero-order valence-corrected chi connectivity index (χ0v) is 16.0. The van der Waals surface area contributed by atoms with Crippen molar-refractivity contribution in [2.24, 2.45) is 0 Å². The summed E-state index contributed by atoms with van der Waals surface area (Å²) < 4.78 is 25.9. The maximum atomic E-state index is 12.8. The van der Waals surface area contributed by atoms with Crippen molar-refractivity contribution in [3.05, 3.63) is 42.0 Å². The number of amides is 1. The molecule has 0 radical (unpaired) electrons. The smallest absolute Gasteiger partial charge is 0.253 e. The van der Waals surface area contributed by atoms with Crippen LogP contribution in [0.2, 0.25) is 0 Å². The molecular weight excluding hydrogens is 350 g/mol. The standard InChI is InChI=1S/C19H25N3O3S/c1-3-22-10-6-9-16(22)13-20-19(23)17-11-14-7-4-5-8-15(14)12-18(17)21-26(2,24)25/h4-5,7-8,11-12,16,21H,3,6,9-10,13H2,1-2H3,(H,20,23)/t16-/m0/s1. The number of benzene rings is 2. The summed E-state index contributed by atoms with van der Waals surface area (Å²) in [5, 5.41) is 4.75. The van der Waals surface area contributed by atoms with Gasteiger partial charge in [0.1, 0.15) is 0 Å². The van der Waals surface area contributed by atoms with Crippen molar-refractivity contribution >= 4 is 32.4 Å². The summed E-state index contributed by atoms with van der Waals surface area (Å²) in [4.78, 5) is 15.1. The summed E-state index contributed by atoms with van der Waals surface area (Å²) in [6.45, 7) is 4.72. The van der Waals surface area contributed by atoms with Crippen LogP contribution in [-0.2, 0) is 10.0 Å². The van der Waals surface area contributed by atoms with Crippen molar-refractivity contribution in [3.8, 4) is 0 Å². The number of nitrogens with one attached hydrogen (secondary N) is 2. The molecule has 0 unspecified atom stereocenters. The van der Waals surface area contributed by atoms with Gasteiger partial charge in [-0.25, -0.2) is 8.42 Å². The second kappa shape index (κ2) is 7.63. The third-order valence-corrected chi connectivity index (χ3v) is 5.42. The number of carbonyl (C=O) groups excluding carboxylic acids is 1. The van der Waals surface area contributed by atoms with Gasteiger partial charge < -0.3 is 5.32 Å². The SMILES string of the molecule is CCN1CCC[C@H]1CNC(=O)c1cc2ccccc2cc1NS(C)(=O)=O. The second-order valence-electron chi connectivity index (χ2n) is 6.75. The lowest BCUT2D eigenvalue weighted by Crippen LogP contribution is -2.40. The molecule has 1 aliphatic rings. The van der Waals surface area contributed by atoms with Crippen molar-refractivity contribution in [1.82, 2.24) is 10.2 Å². The van der Waals surface area contributed by atoms with Crippen LogP contribution in [0.1, 0.15) is 30.1 Å². The van der Waals surface area contributed by atoms with Gasteiger partial charge in [-0.2, -0.15) is 0 Å². The number of sulfonamides is 1. The molecule has 0 spiro atoms. The fraction of sp³-hybridized carbons (Fsp3) is 0.421. The molecule has 6 nitrogen and oxygen atoms in total. The Morgan fingerprint density at radius 2 is 1.92 bits per heavy atom. The van der Waals surface area contributed by atoms with Gasteiger partial charge in [-0.05, 0) is 48.8 Å². The number of fused-ring (bicyclic) bond motifs is 1. The monoisotopic (exact) mass is 375 g/mol. The van der Waals surface area contributed by atoms with Gasteiger partial charge in [0, 0.05) is 12.6 Å². The Balaban J connectivity index is 1.86. The number of nitrogens with zero attached hydrogens (tertiary/aromatic N) is 1. The van der Waals surface area contributed by atoms with E-state index in [-0.39, 0.29) is 5.91 Å². The van der Waals surface area contributed by atoms with Crippen molar-refractivity contribution in [2.45, 2.75) is 25.8 Å². The quantitative estimate of drug-likeness (QED) is 0.813. The van der Waals surface area contributed by atoms with Gasteiger partial charge in [-0.15, -0.1) is 0 Å². The number of anilines is 1. The lowest BCUT2D eigenvalue weighted by atomic mass is 10.0. The molecular formula is C19H25N3O3S. The lowest BCUT2D eigenvalue weighted by Gasteiger charge is -2.23. The zero-order valence-electron chi connectivity index (χ0n) is 15.2. The first-order valence-corrected chi connectivity index (χ1v) is 10.8. The average Bonchev–Trinajstić information content (AvgIpc) is 3.05. The Hall–Kier alpha value is -2.12. The van der Waals surface area contributed by atoms with Crippen LogP contribution in [0.25, 0.3) is 10.8 Å². The molecule has 0 saturated carbocycles. The summed E-state index contributed by atoms with van der Waals surface area (Å²) in [5.74, 6) is -0.259. The average molecular weight is 375 g/mol. The van der Waals surface area contributed by atoms with Crippen LogP contribution >= 0.6 is 0 Å².